The minimum atomic E-state index is -0.303. The first-order valence-corrected chi connectivity index (χ1v) is 9.38. The van der Waals surface area contributed by atoms with Crippen molar-refractivity contribution in [2.75, 3.05) is 32.8 Å². The third kappa shape index (κ3) is 2.78. The molecule has 2 aliphatic heterocycles. The fourth-order valence-electron chi connectivity index (χ4n) is 4.46. The molecule has 2 aliphatic rings. The molecule has 2 fully saturated rings. The molecule has 0 unspecified atom stereocenters. The standard InChI is InChI=1S/C20H25N3O3/c1-2-23-18(24)7-11-22(14-20(23)8-12-26-13-9-20)19(25)16-4-3-5-17-15(16)6-10-21-17/h3-6,10,21H,2,7-9,11-14H2,1H3. The highest BCUT2D eigenvalue weighted by Gasteiger charge is 2.44. The number of nitrogens with zero attached hydrogens (tertiary/aromatic N) is 2. The number of rotatable bonds is 2. The molecule has 26 heavy (non-hydrogen) atoms. The fourth-order valence-corrected chi connectivity index (χ4v) is 4.46. The Labute approximate surface area is 153 Å². The number of hydrogen-bond donors (Lipinski definition) is 1. The molecule has 4 rings (SSSR count). The number of likely N-dealkylation sites (N-methyl/N-ethyl adjacent to an activating group) is 1. The number of H-pyrrole nitrogens is 1. The maximum absolute atomic E-state index is 13.3. The minimum absolute atomic E-state index is 0.00631. The lowest BCUT2D eigenvalue weighted by molar-refractivity contribution is -0.139. The number of benzene rings is 1. The van der Waals surface area contributed by atoms with Crippen molar-refractivity contribution in [3.05, 3.63) is 36.0 Å². The Hall–Kier alpha value is -2.34. The Kier molecular flexibility index (Phi) is 4.44. The van der Waals surface area contributed by atoms with E-state index >= 15 is 0 Å². The zero-order valence-corrected chi connectivity index (χ0v) is 15.2. The van der Waals surface area contributed by atoms with E-state index in [4.69, 9.17) is 4.74 Å². The Balaban J connectivity index is 1.69. The first kappa shape index (κ1) is 17.1. The Bertz CT molecular complexity index is 823. The summed E-state index contributed by atoms with van der Waals surface area (Å²) in [5.74, 6) is 0.149. The van der Waals surface area contributed by atoms with Crippen LogP contribution in [0.15, 0.2) is 30.5 Å². The van der Waals surface area contributed by atoms with E-state index in [0.29, 0.717) is 44.8 Å². The molecule has 2 saturated heterocycles. The van der Waals surface area contributed by atoms with Gasteiger partial charge in [0.05, 0.1) is 5.54 Å². The van der Waals surface area contributed by atoms with Gasteiger partial charge in [0.1, 0.15) is 0 Å². The van der Waals surface area contributed by atoms with Gasteiger partial charge in [-0.1, -0.05) is 6.07 Å². The van der Waals surface area contributed by atoms with Gasteiger partial charge in [-0.3, -0.25) is 9.59 Å². The van der Waals surface area contributed by atoms with E-state index in [0.717, 1.165) is 23.7 Å². The van der Waals surface area contributed by atoms with Crippen LogP contribution < -0.4 is 0 Å². The summed E-state index contributed by atoms with van der Waals surface area (Å²) in [6.45, 7) is 5.02. The van der Waals surface area contributed by atoms with Crippen LogP contribution in [0.2, 0.25) is 0 Å². The normalized spacial score (nSPS) is 20.6. The molecule has 2 aromatic rings. The van der Waals surface area contributed by atoms with E-state index in [1.807, 2.05) is 47.2 Å². The highest BCUT2D eigenvalue weighted by atomic mass is 16.5. The van der Waals surface area contributed by atoms with Gasteiger partial charge in [-0.25, -0.2) is 0 Å². The monoisotopic (exact) mass is 355 g/mol. The van der Waals surface area contributed by atoms with E-state index in [1.54, 1.807) is 0 Å². The second-order valence-corrected chi connectivity index (χ2v) is 7.20. The average molecular weight is 355 g/mol. The maximum atomic E-state index is 13.3. The molecule has 1 N–H and O–H groups in total. The lowest BCUT2D eigenvalue weighted by atomic mass is 9.87. The summed E-state index contributed by atoms with van der Waals surface area (Å²) in [5, 5.41) is 0.932. The molecule has 6 nitrogen and oxygen atoms in total. The lowest BCUT2D eigenvalue weighted by Crippen LogP contribution is -2.58. The predicted molar refractivity (Wildman–Crippen MR) is 99.0 cm³/mol. The van der Waals surface area contributed by atoms with E-state index in [-0.39, 0.29) is 17.4 Å². The molecule has 6 heteroatoms. The second kappa shape index (κ2) is 6.76. The summed E-state index contributed by atoms with van der Waals surface area (Å²) in [7, 11) is 0. The second-order valence-electron chi connectivity index (χ2n) is 7.20. The summed E-state index contributed by atoms with van der Waals surface area (Å²) in [6, 6.07) is 7.68. The molecule has 0 aliphatic carbocycles. The molecule has 1 spiro atoms. The third-order valence-corrected chi connectivity index (χ3v) is 5.81. The minimum Gasteiger partial charge on any atom is -0.381 e. The number of carbonyl (C=O) groups is 2. The average Bonchev–Trinajstić information content (AvgIpc) is 3.10. The van der Waals surface area contributed by atoms with Gasteiger partial charge in [0.2, 0.25) is 5.91 Å². The van der Waals surface area contributed by atoms with E-state index in [1.165, 1.54) is 0 Å². The topological polar surface area (TPSA) is 65.6 Å². The van der Waals surface area contributed by atoms with Crippen LogP contribution in [0, 0.1) is 0 Å². The number of carbonyl (C=O) groups excluding carboxylic acids is 2. The molecule has 0 atom stereocenters. The third-order valence-electron chi connectivity index (χ3n) is 5.81. The number of hydrogen-bond acceptors (Lipinski definition) is 3. The van der Waals surface area contributed by atoms with Crippen LogP contribution in [-0.2, 0) is 9.53 Å². The van der Waals surface area contributed by atoms with Gasteiger partial charge >= 0.3 is 0 Å². The van der Waals surface area contributed by atoms with Crippen LogP contribution in [-0.4, -0.2) is 65.0 Å². The van der Waals surface area contributed by atoms with Gasteiger partial charge < -0.3 is 19.5 Å². The highest BCUT2D eigenvalue weighted by molar-refractivity contribution is 6.06. The lowest BCUT2D eigenvalue weighted by Gasteiger charge is -2.46. The van der Waals surface area contributed by atoms with Crippen molar-refractivity contribution in [3.63, 3.8) is 0 Å². The van der Waals surface area contributed by atoms with Crippen molar-refractivity contribution < 1.29 is 14.3 Å². The van der Waals surface area contributed by atoms with Crippen LogP contribution in [0.25, 0.3) is 10.9 Å². The van der Waals surface area contributed by atoms with Gasteiger partial charge in [-0.2, -0.15) is 0 Å². The van der Waals surface area contributed by atoms with E-state index < -0.39 is 0 Å². The van der Waals surface area contributed by atoms with Crippen molar-refractivity contribution in [1.82, 2.24) is 14.8 Å². The zero-order chi connectivity index (χ0) is 18.1. The van der Waals surface area contributed by atoms with Gasteiger partial charge in [-0.15, -0.1) is 0 Å². The highest BCUT2D eigenvalue weighted by Crippen LogP contribution is 2.33. The van der Waals surface area contributed by atoms with Crippen LogP contribution in [0.5, 0.6) is 0 Å². The first-order valence-electron chi connectivity index (χ1n) is 9.38. The van der Waals surface area contributed by atoms with Gasteiger partial charge in [-0.05, 0) is 38.0 Å². The van der Waals surface area contributed by atoms with Crippen molar-refractivity contribution >= 4 is 22.7 Å². The fraction of sp³-hybridized carbons (Fsp3) is 0.500. The number of amides is 2. The molecule has 2 amide bonds. The molecule has 0 bridgehead atoms. The summed E-state index contributed by atoms with van der Waals surface area (Å²) >= 11 is 0. The van der Waals surface area contributed by atoms with Crippen LogP contribution in [0.4, 0.5) is 0 Å². The number of aromatic nitrogens is 1. The zero-order valence-electron chi connectivity index (χ0n) is 15.2. The van der Waals surface area contributed by atoms with Crippen molar-refractivity contribution in [3.8, 4) is 0 Å². The molecule has 0 radical (unpaired) electrons. The SMILES string of the molecule is CCN1C(=O)CCN(C(=O)c2cccc3[nH]ccc23)CC12CCOCC2. The number of fused-ring (bicyclic) bond motifs is 1. The van der Waals surface area contributed by atoms with Gasteiger partial charge in [0, 0.05) is 61.9 Å². The van der Waals surface area contributed by atoms with Crippen LogP contribution in [0.3, 0.4) is 0 Å². The maximum Gasteiger partial charge on any atom is 0.254 e. The quantitative estimate of drug-likeness (QED) is 0.900. The number of ether oxygens (including phenoxy) is 1. The number of nitrogens with one attached hydrogen (secondary N) is 1. The molecule has 138 valence electrons. The van der Waals surface area contributed by atoms with Gasteiger partial charge in [0.15, 0.2) is 0 Å². The molecule has 1 aromatic carbocycles. The van der Waals surface area contributed by atoms with Crippen molar-refractivity contribution in [1.29, 1.82) is 0 Å². The molecule has 0 saturated carbocycles. The van der Waals surface area contributed by atoms with Crippen LogP contribution >= 0.6 is 0 Å². The molecular formula is C20H25N3O3. The molecular weight excluding hydrogens is 330 g/mol. The van der Waals surface area contributed by atoms with E-state index in [9.17, 15) is 9.59 Å². The smallest absolute Gasteiger partial charge is 0.254 e. The van der Waals surface area contributed by atoms with Crippen molar-refractivity contribution in [2.45, 2.75) is 31.7 Å². The van der Waals surface area contributed by atoms with Gasteiger partial charge in [0.25, 0.3) is 5.91 Å². The Morgan fingerprint density at radius 3 is 2.85 bits per heavy atom. The predicted octanol–water partition coefficient (Wildman–Crippen LogP) is 2.41. The summed E-state index contributed by atoms with van der Waals surface area (Å²) in [4.78, 5) is 33.1. The van der Waals surface area contributed by atoms with Crippen LogP contribution in [0.1, 0.15) is 36.5 Å². The van der Waals surface area contributed by atoms with E-state index in [2.05, 4.69) is 4.98 Å². The molecule has 1 aromatic heterocycles. The Morgan fingerprint density at radius 2 is 2.08 bits per heavy atom. The summed E-state index contributed by atoms with van der Waals surface area (Å²) < 4.78 is 5.55. The number of aromatic amines is 1. The van der Waals surface area contributed by atoms with Crippen molar-refractivity contribution in [2.24, 2.45) is 0 Å². The first-order chi connectivity index (χ1) is 12.6. The molecule has 3 heterocycles. The largest absolute Gasteiger partial charge is 0.381 e. The Morgan fingerprint density at radius 1 is 1.27 bits per heavy atom. The summed E-state index contributed by atoms with van der Waals surface area (Å²) in [5.41, 5.74) is 1.35. The summed E-state index contributed by atoms with van der Waals surface area (Å²) in [6.07, 6.45) is 3.80.